The summed E-state index contributed by atoms with van der Waals surface area (Å²) in [6.45, 7) is 5.84. The summed E-state index contributed by atoms with van der Waals surface area (Å²) in [4.78, 5) is 23.7. The van der Waals surface area contributed by atoms with E-state index in [1.54, 1.807) is 0 Å². The largest absolute Gasteiger partial charge is 0.477 e. The molecule has 1 aromatic carbocycles. The highest BCUT2D eigenvalue weighted by atomic mass is 32.1. The fourth-order valence-corrected chi connectivity index (χ4v) is 2.77. The monoisotopic (exact) mass is 303 g/mol. The minimum atomic E-state index is -1.02. The summed E-state index contributed by atoms with van der Waals surface area (Å²) >= 11 is 0.977. The van der Waals surface area contributed by atoms with E-state index in [9.17, 15) is 9.59 Å². The lowest BCUT2D eigenvalue weighted by Crippen LogP contribution is -2.40. The summed E-state index contributed by atoms with van der Waals surface area (Å²) in [7, 11) is 0. The number of carbonyl (C=O) groups excluding carboxylic acids is 1. The van der Waals surface area contributed by atoms with Crippen molar-refractivity contribution >= 4 is 23.2 Å². The van der Waals surface area contributed by atoms with Gasteiger partial charge in [-0.15, -0.1) is 11.3 Å². The van der Waals surface area contributed by atoms with Crippen molar-refractivity contribution in [3.05, 3.63) is 57.3 Å². The molecule has 21 heavy (non-hydrogen) atoms. The molecule has 2 rings (SSSR count). The van der Waals surface area contributed by atoms with Crippen LogP contribution < -0.4 is 5.32 Å². The Hall–Kier alpha value is -2.14. The Bertz CT molecular complexity index is 688. The molecule has 0 aliphatic rings. The smallest absolute Gasteiger partial charge is 0.345 e. The molecule has 2 N–H and O–H groups in total. The molecule has 0 radical (unpaired) electrons. The number of nitrogens with one attached hydrogen (secondary N) is 1. The van der Waals surface area contributed by atoms with Gasteiger partial charge in [0.05, 0.1) is 10.4 Å². The third kappa shape index (κ3) is 3.49. The van der Waals surface area contributed by atoms with Crippen molar-refractivity contribution in [3.63, 3.8) is 0 Å². The first-order valence-corrected chi connectivity index (χ1v) is 7.34. The third-order valence-corrected chi connectivity index (χ3v) is 4.28. The molecule has 0 saturated carbocycles. The standard InChI is InChI=1S/C16H17NO3S/c1-10-5-4-6-11(9-10)16(2,3)17-14(18)12-7-8-13(21-12)15(19)20/h4-9H,1-3H3,(H,17,18)(H,19,20). The van der Waals surface area contributed by atoms with Crippen molar-refractivity contribution in [3.8, 4) is 0 Å². The van der Waals surface area contributed by atoms with Crippen molar-refractivity contribution in [1.82, 2.24) is 5.32 Å². The number of rotatable bonds is 4. The van der Waals surface area contributed by atoms with Crippen molar-refractivity contribution in [2.45, 2.75) is 26.3 Å². The van der Waals surface area contributed by atoms with Gasteiger partial charge in [-0.2, -0.15) is 0 Å². The Morgan fingerprint density at radius 1 is 1.14 bits per heavy atom. The highest BCUT2D eigenvalue weighted by Crippen LogP contribution is 2.23. The second kappa shape index (κ2) is 5.69. The molecule has 0 fully saturated rings. The van der Waals surface area contributed by atoms with Gasteiger partial charge in [0.25, 0.3) is 5.91 Å². The number of hydrogen-bond acceptors (Lipinski definition) is 3. The Balaban J connectivity index is 2.19. The summed E-state index contributed by atoms with van der Waals surface area (Å²) in [5.74, 6) is -1.28. The van der Waals surface area contributed by atoms with Crippen LogP contribution in [0.3, 0.4) is 0 Å². The summed E-state index contributed by atoms with van der Waals surface area (Å²) in [5.41, 5.74) is 1.60. The summed E-state index contributed by atoms with van der Waals surface area (Å²) in [5, 5.41) is 11.8. The van der Waals surface area contributed by atoms with E-state index in [1.165, 1.54) is 12.1 Å². The minimum Gasteiger partial charge on any atom is -0.477 e. The van der Waals surface area contributed by atoms with Gasteiger partial charge in [-0.1, -0.05) is 29.8 Å². The van der Waals surface area contributed by atoms with Gasteiger partial charge in [0.15, 0.2) is 0 Å². The Labute approximate surface area is 127 Å². The molecule has 1 heterocycles. The molecule has 0 bridgehead atoms. The Kier molecular flexibility index (Phi) is 4.14. The molecule has 110 valence electrons. The lowest BCUT2D eigenvalue weighted by Gasteiger charge is -2.27. The van der Waals surface area contributed by atoms with E-state index >= 15 is 0 Å². The van der Waals surface area contributed by atoms with Crippen LogP contribution in [0.25, 0.3) is 0 Å². The van der Waals surface area contributed by atoms with Crippen molar-refractivity contribution in [1.29, 1.82) is 0 Å². The SMILES string of the molecule is Cc1cccc(C(C)(C)NC(=O)c2ccc(C(=O)O)s2)c1. The Morgan fingerprint density at radius 2 is 1.81 bits per heavy atom. The zero-order valence-corrected chi connectivity index (χ0v) is 13.0. The molecule has 0 spiro atoms. The maximum absolute atomic E-state index is 12.3. The van der Waals surface area contributed by atoms with Crippen molar-refractivity contribution in [2.24, 2.45) is 0 Å². The molecule has 0 aliphatic heterocycles. The van der Waals surface area contributed by atoms with Gasteiger partial charge < -0.3 is 10.4 Å². The zero-order valence-electron chi connectivity index (χ0n) is 12.1. The van der Waals surface area contributed by atoms with Gasteiger partial charge in [0.2, 0.25) is 0 Å². The molecule has 0 atom stereocenters. The average Bonchev–Trinajstić information content (AvgIpc) is 2.88. The first-order valence-electron chi connectivity index (χ1n) is 6.52. The molecule has 1 amide bonds. The van der Waals surface area contributed by atoms with E-state index in [-0.39, 0.29) is 10.8 Å². The highest BCUT2D eigenvalue weighted by molar-refractivity contribution is 7.15. The van der Waals surface area contributed by atoms with Crippen molar-refractivity contribution < 1.29 is 14.7 Å². The fourth-order valence-electron chi connectivity index (χ4n) is 2.03. The van der Waals surface area contributed by atoms with Gasteiger partial charge in [-0.25, -0.2) is 4.79 Å². The van der Waals surface area contributed by atoms with E-state index in [2.05, 4.69) is 5.32 Å². The lowest BCUT2D eigenvalue weighted by molar-refractivity contribution is 0.0702. The first-order chi connectivity index (χ1) is 9.79. The van der Waals surface area contributed by atoms with Crippen molar-refractivity contribution in [2.75, 3.05) is 0 Å². The van der Waals surface area contributed by atoms with E-state index < -0.39 is 11.5 Å². The number of aryl methyl sites for hydroxylation is 1. The Morgan fingerprint density at radius 3 is 2.38 bits per heavy atom. The lowest BCUT2D eigenvalue weighted by atomic mass is 9.93. The van der Waals surface area contributed by atoms with Crippen LogP contribution in [0, 0.1) is 6.92 Å². The molecule has 0 unspecified atom stereocenters. The summed E-state index contributed by atoms with van der Waals surface area (Å²) < 4.78 is 0. The number of aromatic carboxylic acids is 1. The van der Waals surface area contributed by atoms with Gasteiger partial charge in [0.1, 0.15) is 4.88 Å². The van der Waals surface area contributed by atoms with Crippen LogP contribution in [0.15, 0.2) is 36.4 Å². The average molecular weight is 303 g/mol. The number of benzene rings is 1. The topological polar surface area (TPSA) is 66.4 Å². The summed E-state index contributed by atoms with van der Waals surface area (Å²) in [6, 6.07) is 10.9. The van der Waals surface area contributed by atoms with Crippen LogP contribution in [-0.2, 0) is 5.54 Å². The molecule has 4 nitrogen and oxygen atoms in total. The van der Waals surface area contributed by atoms with Crippen LogP contribution in [0.5, 0.6) is 0 Å². The summed E-state index contributed by atoms with van der Waals surface area (Å²) in [6.07, 6.45) is 0. The number of thiophene rings is 1. The molecule has 2 aromatic rings. The van der Waals surface area contributed by atoms with Gasteiger partial charge in [-0.05, 0) is 38.5 Å². The normalized spacial score (nSPS) is 11.2. The van der Waals surface area contributed by atoms with Crippen LogP contribution in [-0.4, -0.2) is 17.0 Å². The number of carboxylic acids is 1. The predicted octanol–water partition coefficient (Wildman–Crippen LogP) is 3.42. The van der Waals surface area contributed by atoms with Crippen LogP contribution in [0.4, 0.5) is 0 Å². The molecule has 1 aromatic heterocycles. The van der Waals surface area contributed by atoms with Gasteiger partial charge >= 0.3 is 5.97 Å². The second-order valence-corrected chi connectivity index (χ2v) is 6.50. The molecule has 0 aliphatic carbocycles. The van der Waals surface area contributed by atoms with E-state index in [1.807, 2.05) is 45.0 Å². The number of hydrogen-bond donors (Lipinski definition) is 2. The minimum absolute atomic E-state index is 0.161. The highest BCUT2D eigenvalue weighted by Gasteiger charge is 2.24. The van der Waals surface area contributed by atoms with Gasteiger partial charge in [-0.3, -0.25) is 4.79 Å². The molecular formula is C16H17NO3S. The predicted molar refractivity (Wildman–Crippen MR) is 82.9 cm³/mol. The maximum Gasteiger partial charge on any atom is 0.345 e. The number of carboxylic acid groups (broad SMARTS) is 1. The van der Waals surface area contributed by atoms with Crippen LogP contribution in [0.1, 0.15) is 44.3 Å². The van der Waals surface area contributed by atoms with E-state index in [4.69, 9.17) is 5.11 Å². The first kappa shape index (κ1) is 15.3. The molecule has 0 saturated heterocycles. The zero-order chi connectivity index (χ0) is 15.6. The molecule has 5 heteroatoms. The van der Waals surface area contributed by atoms with Gasteiger partial charge in [0, 0.05) is 0 Å². The van der Waals surface area contributed by atoms with Crippen LogP contribution >= 0.6 is 11.3 Å². The second-order valence-electron chi connectivity index (χ2n) is 5.42. The third-order valence-electron chi connectivity index (χ3n) is 3.21. The number of carbonyl (C=O) groups is 2. The fraction of sp³-hybridized carbons (Fsp3) is 0.250. The number of amides is 1. The molecular weight excluding hydrogens is 286 g/mol. The quantitative estimate of drug-likeness (QED) is 0.909. The van der Waals surface area contributed by atoms with E-state index in [0.717, 1.165) is 22.5 Å². The van der Waals surface area contributed by atoms with E-state index in [0.29, 0.717) is 4.88 Å². The maximum atomic E-state index is 12.3. The van der Waals surface area contributed by atoms with Crippen LogP contribution in [0.2, 0.25) is 0 Å².